The molecule has 0 saturated carbocycles. The smallest absolute Gasteiger partial charge is 0.257 e. The summed E-state index contributed by atoms with van der Waals surface area (Å²) in [6, 6.07) is 20.0. The Morgan fingerprint density at radius 2 is 1.94 bits per heavy atom. The summed E-state index contributed by atoms with van der Waals surface area (Å²) in [6.07, 6.45) is 7.11. The Bertz CT molecular complexity index is 1340. The normalized spacial score (nSPS) is 11.0. The van der Waals surface area contributed by atoms with E-state index in [-0.39, 0.29) is 5.91 Å². The molecule has 31 heavy (non-hydrogen) atoms. The van der Waals surface area contributed by atoms with Crippen molar-refractivity contribution in [1.82, 2.24) is 14.5 Å². The predicted octanol–water partition coefficient (Wildman–Crippen LogP) is 6.12. The fourth-order valence-corrected chi connectivity index (χ4v) is 4.77. The molecule has 0 fully saturated rings. The average Bonchev–Trinajstić information content (AvgIpc) is 3.48. The zero-order valence-electron chi connectivity index (χ0n) is 16.6. The van der Waals surface area contributed by atoms with E-state index in [1.54, 1.807) is 47.6 Å². The van der Waals surface area contributed by atoms with Gasteiger partial charge in [0, 0.05) is 46.3 Å². The number of rotatable bonds is 5. The van der Waals surface area contributed by atoms with Crippen molar-refractivity contribution in [2.24, 2.45) is 0 Å². The van der Waals surface area contributed by atoms with E-state index in [0.717, 1.165) is 32.5 Å². The zero-order chi connectivity index (χ0) is 21.2. The third-order valence-electron chi connectivity index (χ3n) is 4.96. The minimum absolute atomic E-state index is 0.174. The van der Waals surface area contributed by atoms with Crippen molar-refractivity contribution < 1.29 is 4.79 Å². The number of thiazole rings is 1. The van der Waals surface area contributed by atoms with Crippen LogP contribution < -0.4 is 5.32 Å². The molecule has 2 aromatic carbocycles. The summed E-state index contributed by atoms with van der Waals surface area (Å²) in [6.45, 7) is 0. The van der Waals surface area contributed by atoms with E-state index in [4.69, 9.17) is 0 Å². The Morgan fingerprint density at radius 1 is 1.06 bits per heavy atom. The molecule has 0 aliphatic carbocycles. The van der Waals surface area contributed by atoms with Crippen LogP contribution in [-0.4, -0.2) is 26.7 Å². The van der Waals surface area contributed by atoms with Gasteiger partial charge in [-0.15, -0.1) is 23.1 Å². The van der Waals surface area contributed by atoms with Crippen molar-refractivity contribution in [3.8, 4) is 16.3 Å². The number of amides is 1. The average molecular weight is 443 g/mol. The zero-order valence-corrected chi connectivity index (χ0v) is 18.3. The number of benzene rings is 2. The first-order valence-corrected chi connectivity index (χ1v) is 11.7. The highest BCUT2D eigenvalue weighted by Gasteiger charge is 2.12. The summed E-state index contributed by atoms with van der Waals surface area (Å²) in [5.41, 5.74) is 4.58. The molecule has 3 heterocycles. The van der Waals surface area contributed by atoms with Crippen molar-refractivity contribution in [2.45, 2.75) is 5.03 Å². The summed E-state index contributed by atoms with van der Waals surface area (Å²) < 4.78 is 2.23. The van der Waals surface area contributed by atoms with E-state index in [0.29, 0.717) is 5.56 Å². The van der Waals surface area contributed by atoms with Crippen molar-refractivity contribution in [2.75, 3.05) is 11.6 Å². The standard InChI is InChI=1S/C24H18N4OS2/c1-30-22-14-18-13-16(24-26-11-12-31-24)4-9-21(18)28(22)20-7-5-19(6-8-20)27-23(29)17-3-2-10-25-15-17/h2-15H,1H3,(H,27,29). The third-order valence-corrected chi connectivity index (χ3v) is 6.50. The lowest BCUT2D eigenvalue weighted by Gasteiger charge is -2.11. The molecule has 7 heteroatoms. The number of aromatic nitrogens is 3. The maximum atomic E-state index is 12.4. The van der Waals surface area contributed by atoms with Gasteiger partial charge in [0.05, 0.1) is 16.1 Å². The van der Waals surface area contributed by atoms with Gasteiger partial charge in [0.2, 0.25) is 0 Å². The van der Waals surface area contributed by atoms with E-state index < -0.39 is 0 Å². The molecule has 5 aromatic rings. The fourth-order valence-electron chi connectivity index (χ4n) is 3.50. The van der Waals surface area contributed by atoms with Gasteiger partial charge in [0.1, 0.15) is 5.01 Å². The van der Waals surface area contributed by atoms with E-state index >= 15 is 0 Å². The quantitative estimate of drug-likeness (QED) is 0.333. The molecule has 0 unspecified atom stereocenters. The Balaban J connectivity index is 1.46. The van der Waals surface area contributed by atoms with Crippen LogP contribution >= 0.6 is 23.1 Å². The molecule has 5 rings (SSSR count). The molecular weight excluding hydrogens is 424 g/mol. The van der Waals surface area contributed by atoms with Crippen molar-refractivity contribution >= 4 is 45.6 Å². The summed E-state index contributed by atoms with van der Waals surface area (Å²) in [7, 11) is 0. The van der Waals surface area contributed by atoms with Crippen molar-refractivity contribution in [1.29, 1.82) is 0 Å². The maximum absolute atomic E-state index is 12.4. The predicted molar refractivity (Wildman–Crippen MR) is 128 cm³/mol. The summed E-state index contributed by atoms with van der Waals surface area (Å²) in [5.74, 6) is -0.174. The number of carbonyl (C=O) groups is 1. The van der Waals surface area contributed by atoms with Crippen molar-refractivity contribution in [3.05, 3.63) is 90.2 Å². The van der Waals surface area contributed by atoms with Gasteiger partial charge >= 0.3 is 0 Å². The second kappa shape index (κ2) is 8.37. The van der Waals surface area contributed by atoms with Crippen LogP contribution in [0.5, 0.6) is 0 Å². The van der Waals surface area contributed by atoms with E-state index in [1.165, 1.54) is 5.39 Å². The van der Waals surface area contributed by atoms with Crippen molar-refractivity contribution in [3.63, 3.8) is 0 Å². The topological polar surface area (TPSA) is 59.8 Å². The van der Waals surface area contributed by atoms with Crippen LogP contribution in [0.1, 0.15) is 10.4 Å². The van der Waals surface area contributed by atoms with Crippen LogP contribution in [0, 0.1) is 0 Å². The monoisotopic (exact) mass is 442 g/mol. The van der Waals surface area contributed by atoms with Gasteiger partial charge in [-0.3, -0.25) is 9.78 Å². The van der Waals surface area contributed by atoms with Crippen LogP contribution in [0.4, 0.5) is 5.69 Å². The number of fused-ring (bicyclic) bond motifs is 1. The molecule has 0 atom stereocenters. The first-order chi connectivity index (χ1) is 15.2. The van der Waals surface area contributed by atoms with E-state index in [2.05, 4.69) is 50.4 Å². The highest BCUT2D eigenvalue weighted by atomic mass is 32.2. The molecule has 1 N–H and O–H groups in total. The lowest BCUT2D eigenvalue weighted by molar-refractivity contribution is 0.102. The summed E-state index contributed by atoms with van der Waals surface area (Å²) in [4.78, 5) is 20.8. The molecule has 152 valence electrons. The number of anilines is 1. The molecule has 0 bridgehead atoms. The van der Waals surface area contributed by atoms with Gasteiger partial charge < -0.3 is 9.88 Å². The van der Waals surface area contributed by atoms with Crippen LogP contribution in [0.25, 0.3) is 27.2 Å². The molecule has 0 radical (unpaired) electrons. The number of nitrogens with zero attached hydrogens (tertiary/aromatic N) is 3. The van der Waals surface area contributed by atoms with Gasteiger partial charge in [-0.1, -0.05) is 0 Å². The minimum atomic E-state index is -0.174. The first kappa shape index (κ1) is 19.5. The van der Waals surface area contributed by atoms with Gasteiger partial charge in [-0.25, -0.2) is 4.98 Å². The summed E-state index contributed by atoms with van der Waals surface area (Å²) >= 11 is 3.35. The Hall–Kier alpha value is -3.42. The Labute approximate surface area is 187 Å². The molecule has 0 aliphatic heterocycles. The van der Waals surface area contributed by atoms with Gasteiger partial charge in [0.25, 0.3) is 5.91 Å². The number of nitrogens with one attached hydrogen (secondary N) is 1. The minimum Gasteiger partial charge on any atom is -0.322 e. The molecule has 0 aliphatic rings. The lowest BCUT2D eigenvalue weighted by Crippen LogP contribution is -2.12. The number of hydrogen-bond acceptors (Lipinski definition) is 5. The molecule has 0 spiro atoms. The Morgan fingerprint density at radius 3 is 2.65 bits per heavy atom. The SMILES string of the molecule is CSc1cc2cc(-c3nccs3)ccc2n1-c1ccc(NC(=O)c2cccnc2)cc1. The van der Waals surface area contributed by atoms with Crippen LogP contribution in [0.3, 0.4) is 0 Å². The number of carbonyl (C=O) groups excluding carboxylic acids is 1. The van der Waals surface area contributed by atoms with Crippen LogP contribution in [-0.2, 0) is 0 Å². The highest BCUT2D eigenvalue weighted by molar-refractivity contribution is 7.98. The summed E-state index contributed by atoms with van der Waals surface area (Å²) in [5, 5.41) is 8.26. The molecule has 3 aromatic heterocycles. The van der Waals surface area contributed by atoms with Gasteiger partial charge in [-0.2, -0.15) is 0 Å². The molecule has 5 nitrogen and oxygen atoms in total. The second-order valence-corrected chi connectivity index (χ2v) is 8.60. The number of hydrogen-bond donors (Lipinski definition) is 1. The van der Waals surface area contributed by atoms with Crippen LogP contribution in [0.15, 0.2) is 89.7 Å². The Kier molecular flexibility index (Phi) is 5.28. The maximum Gasteiger partial charge on any atom is 0.257 e. The van der Waals surface area contributed by atoms with Crippen LogP contribution in [0.2, 0.25) is 0 Å². The molecular formula is C24H18N4OS2. The van der Waals surface area contributed by atoms with Gasteiger partial charge in [-0.05, 0) is 66.9 Å². The molecule has 0 saturated heterocycles. The fraction of sp³-hybridized carbons (Fsp3) is 0.0417. The highest BCUT2D eigenvalue weighted by Crippen LogP contribution is 2.33. The second-order valence-electron chi connectivity index (χ2n) is 6.88. The van der Waals surface area contributed by atoms with E-state index in [9.17, 15) is 4.79 Å². The van der Waals surface area contributed by atoms with E-state index in [1.807, 2.05) is 35.8 Å². The molecule has 1 amide bonds. The number of thioether (sulfide) groups is 1. The third kappa shape index (κ3) is 3.85. The lowest BCUT2D eigenvalue weighted by atomic mass is 10.1. The number of pyridine rings is 1. The largest absolute Gasteiger partial charge is 0.322 e. The van der Waals surface area contributed by atoms with Gasteiger partial charge in [0.15, 0.2) is 0 Å². The first-order valence-electron chi connectivity index (χ1n) is 9.64.